The number of halogens is 1. The fourth-order valence-electron chi connectivity index (χ4n) is 1.55. The van der Waals surface area contributed by atoms with Gasteiger partial charge in [0.05, 0.1) is 10.9 Å². The van der Waals surface area contributed by atoms with E-state index in [1.165, 1.54) is 12.1 Å². The quantitative estimate of drug-likeness (QED) is 0.848. The summed E-state index contributed by atoms with van der Waals surface area (Å²) in [4.78, 5) is 12.1. The van der Waals surface area contributed by atoms with E-state index in [4.69, 9.17) is 10.7 Å². The molecule has 0 radical (unpaired) electrons. The van der Waals surface area contributed by atoms with Crippen LogP contribution >= 0.6 is 10.7 Å². The Morgan fingerprint density at radius 2 is 1.80 bits per heavy atom. The summed E-state index contributed by atoms with van der Waals surface area (Å²) in [5, 5.41) is 2.92. The van der Waals surface area contributed by atoms with Crippen molar-refractivity contribution >= 4 is 25.6 Å². The molecule has 0 aliphatic heterocycles. The number of carbonyl (C=O) groups is 1. The van der Waals surface area contributed by atoms with Gasteiger partial charge >= 0.3 is 0 Å². The zero-order valence-electron chi connectivity index (χ0n) is 12.1. The summed E-state index contributed by atoms with van der Waals surface area (Å²) in [6.07, 6.45) is 0.745. The van der Waals surface area contributed by atoms with Crippen LogP contribution in [0.2, 0.25) is 0 Å². The van der Waals surface area contributed by atoms with E-state index in [9.17, 15) is 13.2 Å². The lowest BCUT2D eigenvalue weighted by Gasteiger charge is -2.24. The Labute approximate surface area is 124 Å². The fourth-order valence-corrected chi connectivity index (χ4v) is 2.32. The van der Waals surface area contributed by atoms with Crippen molar-refractivity contribution in [2.24, 2.45) is 5.41 Å². The molecule has 112 valence electrons. The first-order valence-corrected chi connectivity index (χ1v) is 8.74. The van der Waals surface area contributed by atoms with Crippen LogP contribution < -0.4 is 5.32 Å². The molecule has 0 saturated heterocycles. The molecule has 0 fully saturated rings. The Bertz CT molecular complexity index is 579. The summed E-state index contributed by atoms with van der Waals surface area (Å²) in [5.74, 6) is -0.0264. The van der Waals surface area contributed by atoms with Crippen molar-refractivity contribution in [3.8, 4) is 0 Å². The van der Waals surface area contributed by atoms with Gasteiger partial charge in [-0.3, -0.25) is 4.79 Å². The second-order valence-corrected chi connectivity index (χ2v) is 8.01. The monoisotopic (exact) mass is 317 g/mol. The predicted molar refractivity (Wildman–Crippen MR) is 80.1 cm³/mol. The first-order chi connectivity index (χ1) is 9.08. The largest absolute Gasteiger partial charge is 0.349 e. The lowest BCUT2D eigenvalue weighted by molar-refractivity contribution is -0.130. The van der Waals surface area contributed by atoms with Crippen molar-refractivity contribution < 1.29 is 13.2 Å². The minimum Gasteiger partial charge on any atom is -0.349 e. The van der Waals surface area contributed by atoms with Crippen LogP contribution in [0.1, 0.15) is 45.7 Å². The van der Waals surface area contributed by atoms with E-state index in [1.54, 1.807) is 12.1 Å². The highest BCUT2D eigenvalue weighted by atomic mass is 35.7. The molecule has 0 spiro atoms. The van der Waals surface area contributed by atoms with Crippen LogP contribution in [-0.2, 0) is 13.8 Å². The maximum atomic E-state index is 12.1. The Morgan fingerprint density at radius 1 is 1.30 bits per heavy atom. The summed E-state index contributed by atoms with van der Waals surface area (Å²) in [7, 11) is 1.55. The third-order valence-corrected chi connectivity index (χ3v) is 4.88. The van der Waals surface area contributed by atoms with E-state index in [0.717, 1.165) is 12.0 Å². The van der Waals surface area contributed by atoms with Crippen molar-refractivity contribution in [2.75, 3.05) is 0 Å². The molecular weight excluding hydrogens is 298 g/mol. The molecule has 4 nitrogen and oxygen atoms in total. The van der Waals surface area contributed by atoms with Gasteiger partial charge in [-0.1, -0.05) is 32.9 Å². The Morgan fingerprint density at radius 3 is 2.20 bits per heavy atom. The van der Waals surface area contributed by atoms with Gasteiger partial charge in [0.2, 0.25) is 5.91 Å². The molecule has 0 aliphatic carbocycles. The number of hydrogen-bond donors (Lipinski definition) is 1. The van der Waals surface area contributed by atoms with Crippen LogP contribution in [0.15, 0.2) is 29.2 Å². The van der Waals surface area contributed by atoms with E-state index in [2.05, 4.69) is 5.32 Å². The zero-order valence-corrected chi connectivity index (χ0v) is 13.7. The molecule has 0 heterocycles. The molecule has 20 heavy (non-hydrogen) atoms. The lowest BCUT2D eigenvalue weighted by atomic mass is 9.89. The van der Waals surface area contributed by atoms with Crippen molar-refractivity contribution in [1.82, 2.24) is 5.32 Å². The van der Waals surface area contributed by atoms with E-state index in [0.29, 0.717) is 0 Å². The van der Waals surface area contributed by atoms with Gasteiger partial charge in [0.1, 0.15) is 0 Å². The van der Waals surface area contributed by atoms with Gasteiger partial charge in [0.15, 0.2) is 0 Å². The van der Waals surface area contributed by atoms with Gasteiger partial charge in [-0.05, 0) is 31.0 Å². The van der Waals surface area contributed by atoms with Crippen molar-refractivity contribution in [2.45, 2.75) is 45.1 Å². The molecule has 1 N–H and O–H groups in total. The lowest BCUT2D eigenvalue weighted by Crippen LogP contribution is -2.37. The first kappa shape index (κ1) is 17.0. The second kappa shape index (κ2) is 6.14. The molecule has 1 atom stereocenters. The molecule has 6 heteroatoms. The van der Waals surface area contributed by atoms with Gasteiger partial charge in [0.25, 0.3) is 9.05 Å². The average Bonchev–Trinajstić information content (AvgIpc) is 2.37. The predicted octanol–water partition coefficient (Wildman–Crippen LogP) is 3.23. The van der Waals surface area contributed by atoms with Crippen molar-refractivity contribution in [1.29, 1.82) is 0 Å². The van der Waals surface area contributed by atoms with E-state index in [-0.39, 0.29) is 16.8 Å². The average molecular weight is 318 g/mol. The first-order valence-electron chi connectivity index (χ1n) is 6.43. The number of nitrogens with one attached hydrogen (secondary N) is 1. The molecule has 0 bridgehead atoms. The smallest absolute Gasteiger partial charge is 0.261 e. The third-order valence-electron chi connectivity index (χ3n) is 3.51. The number of rotatable bonds is 5. The number of carbonyl (C=O) groups excluding carboxylic acids is 1. The Balaban J connectivity index is 2.84. The molecule has 0 aliphatic rings. The normalized spacial score (nSPS) is 13.8. The van der Waals surface area contributed by atoms with Crippen LogP contribution in [0.25, 0.3) is 0 Å². The molecular formula is C14H20ClNO3S. The van der Waals surface area contributed by atoms with Crippen LogP contribution in [-0.4, -0.2) is 14.3 Å². The summed E-state index contributed by atoms with van der Waals surface area (Å²) in [6, 6.07) is 5.98. The van der Waals surface area contributed by atoms with Crippen molar-refractivity contribution in [3.63, 3.8) is 0 Å². The van der Waals surface area contributed by atoms with Gasteiger partial charge in [-0.2, -0.15) is 0 Å². The standard InChI is InChI=1S/C14H20ClNO3S/c1-5-14(3,4)13(17)16-10(2)11-6-8-12(9-7-11)20(15,18)19/h6-10H,5H2,1-4H3,(H,16,17). The van der Waals surface area contributed by atoms with E-state index < -0.39 is 14.5 Å². The highest BCUT2D eigenvalue weighted by molar-refractivity contribution is 8.13. The SMILES string of the molecule is CCC(C)(C)C(=O)NC(C)c1ccc(S(=O)(=O)Cl)cc1. The fraction of sp³-hybridized carbons (Fsp3) is 0.500. The highest BCUT2D eigenvalue weighted by Gasteiger charge is 2.26. The summed E-state index contributed by atoms with van der Waals surface area (Å²) < 4.78 is 22.3. The molecule has 1 unspecified atom stereocenters. The van der Waals surface area contributed by atoms with Crippen LogP contribution in [0.3, 0.4) is 0 Å². The highest BCUT2D eigenvalue weighted by Crippen LogP contribution is 2.23. The molecule has 1 amide bonds. The minimum absolute atomic E-state index is 0.0264. The molecule has 1 aromatic carbocycles. The molecule has 0 saturated carbocycles. The molecule has 1 rings (SSSR count). The Hall–Kier alpha value is -1.07. The van der Waals surface area contributed by atoms with Gasteiger partial charge in [0, 0.05) is 16.1 Å². The summed E-state index contributed by atoms with van der Waals surface area (Å²) in [6.45, 7) is 7.59. The van der Waals surface area contributed by atoms with E-state index >= 15 is 0 Å². The molecule has 1 aromatic rings. The van der Waals surface area contributed by atoms with Gasteiger partial charge in [-0.15, -0.1) is 0 Å². The maximum absolute atomic E-state index is 12.1. The minimum atomic E-state index is -3.71. The maximum Gasteiger partial charge on any atom is 0.261 e. The zero-order chi connectivity index (χ0) is 15.6. The van der Waals surface area contributed by atoms with Crippen LogP contribution in [0.5, 0.6) is 0 Å². The number of amides is 1. The summed E-state index contributed by atoms with van der Waals surface area (Å²) in [5.41, 5.74) is 0.405. The van der Waals surface area contributed by atoms with Gasteiger partial charge in [-0.25, -0.2) is 8.42 Å². The van der Waals surface area contributed by atoms with Crippen LogP contribution in [0.4, 0.5) is 0 Å². The van der Waals surface area contributed by atoms with Crippen LogP contribution in [0, 0.1) is 5.41 Å². The Kier molecular flexibility index (Phi) is 5.21. The number of hydrogen-bond acceptors (Lipinski definition) is 3. The van der Waals surface area contributed by atoms with Crippen molar-refractivity contribution in [3.05, 3.63) is 29.8 Å². The second-order valence-electron chi connectivity index (χ2n) is 5.44. The summed E-state index contributed by atoms with van der Waals surface area (Å²) >= 11 is 0. The topological polar surface area (TPSA) is 63.2 Å². The third kappa shape index (κ3) is 4.21. The van der Waals surface area contributed by atoms with Gasteiger partial charge < -0.3 is 5.32 Å². The molecule has 0 aromatic heterocycles. The number of benzene rings is 1. The van der Waals surface area contributed by atoms with E-state index in [1.807, 2.05) is 27.7 Å².